The molecule has 0 atom stereocenters. The Morgan fingerprint density at radius 1 is 1.33 bits per heavy atom. The number of fused-ring (bicyclic) bond motifs is 1. The number of nitro benzene ring substituents is 1. The molecule has 0 aliphatic carbocycles. The Morgan fingerprint density at radius 2 is 2.12 bits per heavy atom. The van der Waals surface area contributed by atoms with Crippen LogP contribution in [0.5, 0.6) is 0 Å². The van der Waals surface area contributed by atoms with Crippen molar-refractivity contribution in [3.8, 4) is 0 Å². The predicted molar refractivity (Wildman–Crippen MR) is 95.4 cm³/mol. The number of benzene rings is 2. The lowest BCUT2D eigenvalue weighted by atomic mass is 9.99. The van der Waals surface area contributed by atoms with Crippen LogP contribution in [0.2, 0.25) is 0 Å². The lowest BCUT2D eigenvalue weighted by molar-refractivity contribution is -0.384. The van der Waals surface area contributed by atoms with Crippen LogP contribution >= 0.6 is 15.9 Å². The average molecular weight is 390 g/mol. The van der Waals surface area contributed by atoms with Gasteiger partial charge >= 0.3 is 0 Å². The van der Waals surface area contributed by atoms with E-state index >= 15 is 0 Å². The lowest BCUT2D eigenvalue weighted by Crippen LogP contribution is -2.31. The number of carbonyl (C=O) groups excluding carboxylic acids is 1. The van der Waals surface area contributed by atoms with Gasteiger partial charge in [-0.25, -0.2) is 0 Å². The number of anilines is 1. The second kappa shape index (κ2) is 6.60. The predicted octanol–water partition coefficient (Wildman–Crippen LogP) is 3.28. The van der Waals surface area contributed by atoms with Gasteiger partial charge < -0.3 is 10.2 Å². The van der Waals surface area contributed by atoms with E-state index in [-0.39, 0.29) is 17.2 Å². The quantitative estimate of drug-likeness (QED) is 0.645. The minimum atomic E-state index is -0.433. The van der Waals surface area contributed by atoms with Crippen LogP contribution in [0, 0.1) is 10.1 Å². The van der Waals surface area contributed by atoms with Crippen molar-refractivity contribution in [1.82, 2.24) is 5.32 Å². The average Bonchev–Trinajstić information content (AvgIpc) is 2.60. The molecule has 0 fully saturated rings. The van der Waals surface area contributed by atoms with E-state index in [9.17, 15) is 14.9 Å². The zero-order valence-electron chi connectivity index (χ0n) is 13.1. The molecule has 1 amide bonds. The number of amides is 1. The topological polar surface area (TPSA) is 75.5 Å². The number of nitrogens with zero attached hydrogens (tertiary/aromatic N) is 2. The van der Waals surface area contributed by atoms with Gasteiger partial charge in [0.15, 0.2) is 0 Å². The number of hydrogen-bond donors (Lipinski definition) is 1. The Kier molecular flexibility index (Phi) is 4.53. The van der Waals surface area contributed by atoms with E-state index < -0.39 is 4.92 Å². The Balaban J connectivity index is 1.99. The smallest absolute Gasteiger partial charge is 0.293 e. The number of nitro groups is 1. The van der Waals surface area contributed by atoms with E-state index in [1.165, 1.54) is 18.7 Å². The standard InChI is InChI=1S/C17H16BrN3O3/c1-19-17(22)12-5-6-15(16(9-12)21(23)24)20-8-7-11-3-2-4-14(18)13(11)10-20/h2-6,9H,7-8,10H2,1H3,(H,19,22). The number of rotatable bonds is 3. The van der Waals surface area contributed by atoms with Crippen LogP contribution in [0.15, 0.2) is 40.9 Å². The molecule has 0 saturated heterocycles. The molecule has 0 aromatic heterocycles. The summed E-state index contributed by atoms with van der Waals surface area (Å²) in [6.07, 6.45) is 0.823. The van der Waals surface area contributed by atoms with E-state index in [2.05, 4.69) is 27.3 Å². The minimum Gasteiger partial charge on any atom is -0.361 e. The van der Waals surface area contributed by atoms with Crippen molar-refractivity contribution in [1.29, 1.82) is 0 Å². The van der Waals surface area contributed by atoms with Crippen molar-refractivity contribution >= 4 is 33.2 Å². The number of carbonyl (C=O) groups is 1. The molecule has 3 rings (SSSR count). The van der Waals surface area contributed by atoms with Crippen LogP contribution in [0.4, 0.5) is 11.4 Å². The summed E-state index contributed by atoms with van der Waals surface area (Å²) in [5.74, 6) is -0.337. The summed E-state index contributed by atoms with van der Waals surface area (Å²) in [6.45, 7) is 1.29. The lowest BCUT2D eigenvalue weighted by Gasteiger charge is -2.31. The molecule has 0 saturated carbocycles. The fraction of sp³-hybridized carbons (Fsp3) is 0.235. The largest absolute Gasteiger partial charge is 0.361 e. The summed E-state index contributed by atoms with van der Waals surface area (Å²) in [5.41, 5.74) is 3.17. The molecule has 24 heavy (non-hydrogen) atoms. The third-order valence-electron chi connectivity index (χ3n) is 4.22. The molecule has 2 aromatic carbocycles. The normalized spacial score (nSPS) is 13.3. The zero-order chi connectivity index (χ0) is 17.3. The van der Waals surface area contributed by atoms with E-state index in [1.807, 2.05) is 17.0 Å². The van der Waals surface area contributed by atoms with Gasteiger partial charge in [0.1, 0.15) is 5.69 Å². The van der Waals surface area contributed by atoms with Gasteiger partial charge in [0.05, 0.1) is 4.92 Å². The summed E-state index contributed by atoms with van der Waals surface area (Å²) in [6, 6.07) is 10.7. The molecule has 6 nitrogen and oxygen atoms in total. The van der Waals surface area contributed by atoms with Crippen molar-refractivity contribution in [2.24, 2.45) is 0 Å². The van der Waals surface area contributed by atoms with Gasteiger partial charge in [0.2, 0.25) is 0 Å². The Hall–Kier alpha value is -2.41. The summed E-state index contributed by atoms with van der Waals surface area (Å²) in [7, 11) is 1.50. The van der Waals surface area contributed by atoms with E-state index in [0.29, 0.717) is 18.8 Å². The van der Waals surface area contributed by atoms with E-state index in [1.54, 1.807) is 12.1 Å². The van der Waals surface area contributed by atoms with Crippen molar-refractivity contribution in [3.05, 3.63) is 67.7 Å². The molecule has 7 heteroatoms. The second-order valence-corrected chi connectivity index (χ2v) is 6.44. The monoisotopic (exact) mass is 389 g/mol. The number of nitrogens with one attached hydrogen (secondary N) is 1. The Morgan fingerprint density at radius 3 is 2.83 bits per heavy atom. The van der Waals surface area contributed by atoms with Gasteiger partial charge in [0.25, 0.3) is 11.6 Å². The van der Waals surface area contributed by atoms with Crippen molar-refractivity contribution in [2.45, 2.75) is 13.0 Å². The van der Waals surface area contributed by atoms with Crippen molar-refractivity contribution in [2.75, 3.05) is 18.5 Å². The van der Waals surface area contributed by atoms with Gasteiger partial charge in [-0.05, 0) is 35.7 Å². The van der Waals surface area contributed by atoms with Gasteiger partial charge in [-0.3, -0.25) is 14.9 Å². The number of halogens is 1. The molecule has 1 heterocycles. The highest BCUT2D eigenvalue weighted by atomic mass is 79.9. The zero-order valence-corrected chi connectivity index (χ0v) is 14.7. The highest BCUT2D eigenvalue weighted by Crippen LogP contribution is 2.34. The molecular weight excluding hydrogens is 374 g/mol. The molecule has 1 N–H and O–H groups in total. The molecule has 0 bridgehead atoms. The van der Waals surface area contributed by atoms with Crippen LogP contribution < -0.4 is 10.2 Å². The minimum absolute atomic E-state index is 0.0494. The summed E-state index contributed by atoms with van der Waals surface area (Å²) in [4.78, 5) is 24.8. The van der Waals surface area contributed by atoms with Gasteiger partial charge in [-0.15, -0.1) is 0 Å². The van der Waals surface area contributed by atoms with Crippen LogP contribution in [-0.2, 0) is 13.0 Å². The first kappa shape index (κ1) is 16.4. The Bertz CT molecular complexity index is 823. The summed E-state index contributed by atoms with van der Waals surface area (Å²) >= 11 is 3.56. The first-order chi connectivity index (χ1) is 11.5. The third kappa shape index (κ3) is 2.99. The second-order valence-electron chi connectivity index (χ2n) is 5.59. The summed E-state index contributed by atoms with van der Waals surface area (Å²) < 4.78 is 1.01. The van der Waals surface area contributed by atoms with E-state index in [4.69, 9.17) is 0 Å². The van der Waals surface area contributed by atoms with Gasteiger partial charge in [-0.2, -0.15) is 0 Å². The highest BCUT2D eigenvalue weighted by Gasteiger charge is 2.25. The summed E-state index contributed by atoms with van der Waals surface area (Å²) in [5, 5.41) is 14.0. The third-order valence-corrected chi connectivity index (χ3v) is 4.96. The molecule has 0 spiro atoms. The maximum atomic E-state index is 11.7. The fourth-order valence-electron chi connectivity index (χ4n) is 2.97. The van der Waals surface area contributed by atoms with Gasteiger partial charge in [0, 0.05) is 36.2 Å². The van der Waals surface area contributed by atoms with Crippen molar-refractivity contribution in [3.63, 3.8) is 0 Å². The fourth-order valence-corrected chi connectivity index (χ4v) is 3.50. The highest BCUT2D eigenvalue weighted by molar-refractivity contribution is 9.10. The SMILES string of the molecule is CNC(=O)c1ccc(N2CCc3cccc(Br)c3C2)c([N+](=O)[O-])c1. The molecule has 124 valence electrons. The van der Waals surface area contributed by atoms with E-state index in [0.717, 1.165) is 16.5 Å². The molecule has 2 aromatic rings. The Labute approximate surface area is 147 Å². The van der Waals surface area contributed by atoms with Gasteiger partial charge in [-0.1, -0.05) is 28.1 Å². The molecule has 1 aliphatic heterocycles. The molecular formula is C17H16BrN3O3. The molecule has 0 unspecified atom stereocenters. The van der Waals surface area contributed by atoms with Crippen LogP contribution in [0.3, 0.4) is 0 Å². The first-order valence-corrected chi connectivity index (χ1v) is 8.32. The van der Waals surface area contributed by atoms with Crippen LogP contribution in [-0.4, -0.2) is 24.4 Å². The van der Waals surface area contributed by atoms with Crippen LogP contribution in [0.25, 0.3) is 0 Å². The maximum Gasteiger partial charge on any atom is 0.293 e. The van der Waals surface area contributed by atoms with Crippen molar-refractivity contribution < 1.29 is 9.72 Å². The number of hydrogen-bond acceptors (Lipinski definition) is 4. The molecule has 0 radical (unpaired) electrons. The maximum absolute atomic E-state index is 11.7. The first-order valence-electron chi connectivity index (χ1n) is 7.53. The van der Waals surface area contributed by atoms with Crippen LogP contribution in [0.1, 0.15) is 21.5 Å². The molecule has 1 aliphatic rings.